The second kappa shape index (κ2) is 9.95. The molecule has 0 fully saturated rings. The fourth-order valence-electron chi connectivity index (χ4n) is 3.58. The average molecular weight is 445 g/mol. The fraction of sp³-hybridized carbons (Fsp3) is 0.200. The van der Waals surface area contributed by atoms with Gasteiger partial charge in [-0.2, -0.15) is 0 Å². The third-order valence-electron chi connectivity index (χ3n) is 5.24. The molecule has 0 radical (unpaired) electrons. The number of fused-ring (bicyclic) bond motifs is 1. The van der Waals surface area contributed by atoms with Crippen molar-refractivity contribution < 1.29 is 18.8 Å². The first-order valence-corrected chi connectivity index (χ1v) is 10.4. The van der Waals surface area contributed by atoms with Crippen molar-refractivity contribution in [2.75, 3.05) is 13.7 Å². The molecule has 0 aliphatic carbocycles. The van der Waals surface area contributed by atoms with Gasteiger partial charge in [-0.1, -0.05) is 17.3 Å². The highest BCUT2D eigenvalue weighted by atomic mass is 16.6. The van der Waals surface area contributed by atoms with Crippen LogP contribution in [-0.2, 0) is 16.1 Å². The maximum atomic E-state index is 13.3. The van der Waals surface area contributed by atoms with Crippen LogP contribution in [0.25, 0.3) is 10.9 Å². The monoisotopic (exact) mass is 445 g/mol. The number of aromatic nitrogens is 2. The van der Waals surface area contributed by atoms with Crippen LogP contribution >= 0.6 is 0 Å². The van der Waals surface area contributed by atoms with E-state index in [1.54, 1.807) is 56.5 Å². The molecule has 0 aliphatic rings. The molecule has 4 rings (SSSR count). The van der Waals surface area contributed by atoms with Gasteiger partial charge in [0.1, 0.15) is 23.4 Å². The van der Waals surface area contributed by atoms with Gasteiger partial charge in [0.25, 0.3) is 5.56 Å². The maximum Gasteiger partial charge on any atom is 0.262 e. The van der Waals surface area contributed by atoms with Gasteiger partial charge in [0.05, 0.1) is 30.5 Å². The quantitative estimate of drug-likeness (QED) is 0.288. The minimum atomic E-state index is -0.850. The Balaban J connectivity index is 1.57. The summed E-state index contributed by atoms with van der Waals surface area (Å²) in [5.74, 6) is 1.43. The zero-order valence-corrected chi connectivity index (χ0v) is 18.3. The third kappa shape index (κ3) is 5.01. The van der Waals surface area contributed by atoms with Gasteiger partial charge in [0.15, 0.2) is 12.4 Å². The van der Waals surface area contributed by atoms with E-state index in [1.807, 2.05) is 18.2 Å². The lowest BCUT2D eigenvalue weighted by molar-refractivity contribution is -0.127. The Morgan fingerprint density at radius 1 is 1.15 bits per heavy atom. The number of nitrogens with zero attached hydrogens (tertiary/aromatic N) is 3. The van der Waals surface area contributed by atoms with Crippen LogP contribution in [0.4, 0.5) is 0 Å². The van der Waals surface area contributed by atoms with Crippen molar-refractivity contribution in [1.82, 2.24) is 9.55 Å². The summed E-state index contributed by atoms with van der Waals surface area (Å²) < 4.78 is 12.0. The average Bonchev–Trinajstić information content (AvgIpc) is 3.35. The van der Waals surface area contributed by atoms with Gasteiger partial charge < -0.3 is 14.0 Å². The molecule has 2 aromatic heterocycles. The highest BCUT2D eigenvalue weighted by Gasteiger charge is 2.26. The maximum absolute atomic E-state index is 13.3. The molecule has 0 spiro atoms. The molecule has 0 bridgehead atoms. The van der Waals surface area contributed by atoms with E-state index in [2.05, 4.69) is 10.1 Å². The molecule has 8 nitrogen and oxygen atoms in total. The van der Waals surface area contributed by atoms with Crippen LogP contribution in [0.3, 0.4) is 0 Å². The summed E-state index contributed by atoms with van der Waals surface area (Å²) in [6.07, 6.45) is 3.22. The first-order valence-electron chi connectivity index (χ1n) is 10.4. The van der Waals surface area contributed by atoms with E-state index in [0.29, 0.717) is 22.5 Å². The highest BCUT2D eigenvalue weighted by Crippen LogP contribution is 2.19. The zero-order valence-electron chi connectivity index (χ0n) is 18.3. The number of benzene rings is 2. The van der Waals surface area contributed by atoms with Crippen molar-refractivity contribution in [3.63, 3.8) is 0 Å². The number of furan rings is 1. The second-order valence-corrected chi connectivity index (χ2v) is 7.40. The van der Waals surface area contributed by atoms with Crippen molar-refractivity contribution >= 4 is 22.9 Å². The van der Waals surface area contributed by atoms with Crippen molar-refractivity contribution in [2.45, 2.75) is 19.4 Å². The lowest BCUT2D eigenvalue weighted by Gasteiger charge is -2.20. The Labute approximate surface area is 190 Å². The van der Waals surface area contributed by atoms with Crippen LogP contribution in [-0.4, -0.2) is 35.3 Å². The van der Waals surface area contributed by atoms with Crippen molar-refractivity contribution in [3.8, 4) is 5.75 Å². The molecule has 2 heterocycles. The van der Waals surface area contributed by atoms with Crippen LogP contribution in [0.5, 0.6) is 5.75 Å². The SMILES string of the molecule is COc1ccc(C=NOCC(=O)C(Cc2ccco2)n2c(C)nc3ccccc3c2=O)cc1. The summed E-state index contributed by atoms with van der Waals surface area (Å²) in [6.45, 7) is 1.40. The molecular weight excluding hydrogens is 422 g/mol. The van der Waals surface area contributed by atoms with E-state index in [0.717, 1.165) is 11.3 Å². The lowest BCUT2D eigenvalue weighted by Crippen LogP contribution is -2.35. The molecule has 0 N–H and O–H groups in total. The molecule has 33 heavy (non-hydrogen) atoms. The van der Waals surface area contributed by atoms with Gasteiger partial charge in [0, 0.05) is 6.42 Å². The molecule has 8 heteroatoms. The van der Waals surface area contributed by atoms with E-state index in [9.17, 15) is 9.59 Å². The Hall–Kier alpha value is -4.20. The number of rotatable bonds is 9. The predicted molar refractivity (Wildman–Crippen MR) is 124 cm³/mol. The first-order chi connectivity index (χ1) is 16.1. The topological polar surface area (TPSA) is 95.9 Å². The highest BCUT2D eigenvalue weighted by molar-refractivity contribution is 5.85. The molecular formula is C25H23N3O5. The number of aryl methyl sites for hydroxylation is 1. The number of carbonyl (C=O) groups is 1. The summed E-state index contributed by atoms with van der Waals surface area (Å²) in [5.41, 5.74) is 1.09. The Morgan fingerprint density at radius 3 is 2.67 bits per heavy atom. The zero-order chi connectivity index (χ0) is 23.2. The molecule has 1 atom stereocenters. The Bertz CT molecular complexity index is 1320. The summed E-state index contributed by atoms with van der Waals surface area (Å²) >= 11 is 0. The molecule has 168 valence electrons. The number of Topliss-reactive ketones (excluding diaryl/α,β-unsaturated/α-hetero) is 1. The molecule has 0 saturated heterocycles. The Kier molecular flexibility index (Phi) is 6.64. The number of carbonyl (C=O) groups excluding carboxylic acids is 1. The van der Waals surface area contributed by atoms with Crippen molar-refractivity contribution in [2.24, 2.45) is 5.16 Å². The van der Waals surface area contributed by atoms with Crippen LogP contribution in [0.2, 0.25) is 0 Å². The molecule has 4 aromatic rings. The second-order valence-electron chi connectivity index (χ2n) is 7.40. The van der Waals surface area contributed by atoms with Gasteiger partial charge in [-0.15, -0.1) is 0 Å². The number of hydrogen-bond acceptors (Lipinski definition) is 7. The number of hydrogen-bond donors (Lipinski definition) is 0. The first kappa shape index (κ1) is 22.0. The predicted octanol–water partition coefficient (Wildman–Crippen LogP) is 3.71. The van der Waals surface area contributed by atoms with E-state index in [1.165, 1.54) is 17.0 Å². The van der Waals surface area contributed by atoms with Gasteiger partial charge in [-0.3, -0.25) is 14.2 Å². The van der Waals surface area contributed by atoms with Crippen LogP contribution in [0.1, 0.15) is 23.2 Å². The molecule has 1 unspecified atom stereocenters. The van der Waals surface area contributed by atoms with E-state index < -0.39 is 6.04 Å². The van der Waals surface area contributed by atoms with Gasteiger partial charge >= 0.3 is 0 Å². The number of ketones is 1. The molecule has 2 aromatic carbocycles. The van der Waals surface area contributed by atoms with Gasteiger partial charge in [0.2, 0.25) is 0 Å². The lowest BCUT2D eigenvalue weighted by atomic mass is 10.1. The largest absolute Gasteiger partial charge is 0.497 e. The normalized spacial score (nSPS) is 12.2. The van der Waals surface area contributed by atoms with Gasteiger partial charge in [-0.25, -0.2) is 4.98 Å². The van der Waals surface area contributed by atoms with Crippen molar-refractivity contribution in [3.05, 3.63) is 94.4 Å². The van der Waals surface area contributed by atoms with E-state index in [4.69, 9.17) is 14.0 Å². The summed E-state index contributed by atoms with van der Waals surface area (Å²) in [4.78, 5) is 36.2. The number of oxime groups is 1. The molecule has 0 saturated carbocycles. The van der Waals surface area contributed by atoms with E-state index in [-0.39, 0.29) is 24.4 Å². The number of para-hydroxylation sites is 1. The number of methoxy groups -OCH3 is 1. The fourth-order valence-corrected chi connectivity index (χ4v) is 3.58. The van der Waals surface area contributed by atoms with Crippen LogP contribution < -0.4 is 10.3 Å². The summed E-state index contributed by atoms with van der Waals surface area (Å²) in [6, 6.07) is 16.9. The third-order valence-corrected chi connectivity index (χ3v) is 5.24. The summed E-state index contributed by atoms with van der Waals surface area (Å²) in [7, 11) is 1.59. The molecule has 0 amide bonds. The minimum absolute atomic E-state index is 0.193. The smallest absolute Gasteiger partial charge is 0.262 e. The Morgan fingerprint density at radius 2 is 1.94 bits per heavy atom. The summed E-state index contributed by atoms with van der Waals surface area (Å²) in [5, 5.41) is 4.34. The van der Waals surface area contributed by atoms with Gasteiger partial charge in [-0.05, 0) is 61.0 Å². The standard InChI is InChI=1S/C25H23N3O5/c1-17-27-22-8-4-3-7-21(22)25(30)28(17)23(14-20-6-5-13-32-20)24(29)16-33-26-15-18-9-11-19(31-2)12-10-18/h3-13,15,23H,14,16H2,1-2H3. The minimum Gasteiger partial charge on any atom is -0.497 e. The number of ether oxygens (including phenoxy) is 1. The van der Waals surface area contributed by atoms with Crippen molar-refractivity contribution in [1.29, 1.82) is 0 Å². The molecule has 0 aliphatic heterocycles. The van der Waals surface area contributed by atoms with Crippen LogP contribution in [0.15, 0.2) is 81.3 Å². The van der Waals surface area contributed by atoms with Crippen LogP contribution in [0, 0.1) is 6.92 Å². The van der Waals surface area contributed by atoms with E-state index >= 15 is 0 Å².